The first-order valence-corrected chi connectivity index (χ1v) is 13.5. The van der Waals surface area contributed by atoms with Crippen LogP contribution in [0, 0.1) is 0 Å². The Bertz CT molecular complexity index is 1480. The Morgan fingerprint density at radius 1 is 0.881 bits per heavy atom. The van der Waals surface area contributed by atoms with Crippen molar-refractivity contribution in [3.8, 4) is 0 Å². The summed E-state index contributed by atoms with van der Waals surface area (Å²) in [4.78, 5) is 49.5. The summed E-state index contributed by atoms with van der Waals surface area (Å²) in [6.07, 6.45) is 6.62. The van der Waals surface area contributed by atoms with Crippen molar-refractivity contribution in [2.75, 3.05) is 16.8 Å². The van der Waals surface area contributed by atoms with Gasteiger partial charge in [-0.1, -0.05) is 30.3 Å². The summed E-state index contributed by atoms with van der Waals surface area (Å²) < 4.78 is 26.7. The number of urea groups is 1. The van der Waals surface area contributed by atoms with Crippen molar-refractivity contribution in [2.24, 2.45) is 0 Å². The van der Waals surface area contributed by atoms with E-state index in [0.717, 1.165) is 24.8 Å². The number of benzene rings is 3. The largest absolute Gasteiger partial charge is 0.477 e. The van der Waals surface area contributed by atoms with E-state index in [4.69, 9.17) is 5.11 Å². The van der Waals surface area contributed by atoms with E-state index < -0.39 is 30.4 Å². The van der Waals surface area contributed by atoms with Gasteiger partial charge in [0.05, 0.1) is 13.1 Å². The lowest BCUT2D eigenvalue weighted by atomic mass is 9.93. The first-order chi connectivity index (χ1) is 20.0. The number of amides is 3. The van der Waals surface area contributed by atoms with Crippen LogP contribution in [-0.2, 0) is 11.3 Å². The number of carbonyl (C=O) groups is 4. The number of ketones is 1. The molecule has 1 aliphatic rings. The highest BCUT2D eigenvalue weighted by molar-refractivity contribution is 6.02. The molecule has 42 heavy (non-hydrogen) atoms. The third-order valence-corrected chi connectivity index (χ3v) is 6.97. The van der Waals surface area contributed by atoms with Crippen molar-refractivity contribution in [2.45, 2.75) is 45.1 Å². The number of allylic oxidation sites excluding steroid dienone is 2. The van der Waals surface area contributed by atoms with Crippen molar-refractivity contribution >= 4 is 40.6 Å². The van der Waals surface area contributed by atoms with E-state index >= 15 is 0 Å². The third-order valence-electron chi connectivity index (χ3n) is 6.97. The molecular formula is C32H31F2N3O5. The van der Waals surface area contributed by atoms with Crippen LogP contribution in [-0.4, -0.2) is 41.3 Å². The highest BCUT2D eigenvalue weighted by Gasteiger charge is 2.39. The predicted octanol–water partition coefficient (Wildman–Crippen LogP) is 6.54. The maximum Gasteiger partial charge on any atom is 0.376 e. The first kappa shape index (κ1) is 30.1. The van der Waals surface area contributed by atoms with E-state index in [-0.39, 0.29) is 17.9 Å². The summed E-state index contributed by atoms with van der Waals surface area (Å²) in [5.74, 6) is -7.34. The second-order valence-corrected chi connectivity index (χ2v) is 10.1. The number of alkyl halides is 2. The lowest BCUT2D eigenvalue weighted by Crippen LogP contribution is -2.42. The molecule has 8 nitrogen and oxygen atoms in total. The van der Waals surface area contributed by atoms with Gasteiger partial charge in [-0.15, -0.1) is 0 Å². The molecule has 0 heterocycles. The van der Waals surface area contributed by atoms with Crippen LogP contribution < -0.4 is 15.5 Å². The summed E-state index contributed by atoms with van der Waals surface area (Å²) >= 11 is 0. The van der Waals surface area contributed by atoms with E-state index in [9.17, 15) is 28.0 Å². The van der Waals surface area contributed by atoms with Crippen LogP contribution in [0.25, 0.3) is 5.57 Å². The van der Waals surface area contributed by atoms with Crippen molar-refractivity contribution in [1.82, 2.24) is 5.32 Å². The molecule has 3 amide bonds. The topological polar surface area (TPSA) is 116 Å². The number of hydrogen-bond acceptors (Lipinski definition) is 4. The van der Waals surface area contributed by atoms with Gasteiger partial charge in [0.2, 0.25) is 0 Å². The number of carboxylic acid groups (broad SMARTS) is 1. The summed E-state index contributed by atoms with van der Waals surface area (Å²) in [7, 11) is 0. The van der Waals surface area contributed by atoms with Gasteiger partial charge < -0.3 is 15.7 Å². The summed E-state index contributed by atoms with van der Waals surface area (Å²) in [6.45, 7) is 0.248. The molecule has 0 atom stereocenters. The highest BCUT2D eigenvalue weighted by Crippen LogP contribution is 2.29. The van der Waals surface area contributed by atoms with Crippen LogP contribution in [0.3, 0.4) is 0 Å². The average molecular weight is 576 g/mol. The van der Waals surface area contributed by atoms with Gasteiger partial charge in [-0.2, -0.15) is 8.78 Å². The normalized spacial score (nSPS) is 13.1. The summed E-state index contributed by atoms with van der Waals surface area (Å²) in [5, 5.41) is 13.3. The predicted molar refractivity (Wildman–Crippen MR) is 156 cm³/mol. The van der Waals surface area contributed by atoms with Gasteiger partial charge in [-0.3, -0.25) is 14.5 Å². The van der Waals surface area contributed by atoms with Crippen LogP contribution in [0.4, 0.5) is 25.0 Å². The average Bonchev–Trinajstić information content (AvgIpc) is 2.99. The lowest BCUT2D eigenvalue weighted by Gasteiger charge is -2.24. The SMILES string of the molecule is CC(=O)c1ccc(NC(=O)N(Cc2ccc(C(=O)NCC(F)(F)C(=O)O)cc2)c2ccc(C3=CCCCC3)cc2)cc1. The van der Waals surface area contributed by atoms with E-state index in [0.29, 0.717) is 22.5 Å². The summed E-state index contributed by atoms with van der Waals surface area (Å²) in [6, 6.07) is 19.8. The van der Waals surface area contributed by atoms with Crippen LogP contribution in [0.15, 0.2) is 78.9 Å². The van der Waals surface area contributed by atoms with Gasteiger partial charge in [0.15, 0.2) is 5.78 Å². The molecule has 0 aromatic heterocycles. The number of nitrogens with zero attached hydrogens (tertiary/aromatic N) is 1. The number of Topliss-reactive ketones (excluding diaryl/α,β-unsaturated/α-hetero) is 1. The van der Waals surface area contributed by atoms with E-state index in [2.05, 4.69) is 11.4 Å². The molecule has 0 spiro atoms. The number of nitrogens with one attached hydrogen (secondary N) is 2. The number of anilines is 2. The zero-order valence-electron chi connectivity index (χ0n) is 23.0. The maximum absolute atomic E-state index is 13.5. The minimum atomic E-state index is -4.08. The smallest absolute Gasteiger partial charge is 0.376 e. The van der Waals surface area contributed by atoms with Gasteiger partial charge in [0.25, 0.3) is 5.91 Å². The quantitative estimate of drug-likeness (QED) is 0.238. The number of carbonyl (C=O) groups excluding carboxylic acids is 3. The third kappa shape index (κ3) is 7.66. The Kier molecular flexibility index (Phi) is 9.46. The molecule has 4 rings (SSSR count). The Balaban J connectivity index is 1.53. The molecule has 0 bridgehead atoms. The Morgan fingerprint density at radius 3 is 2.10 bits per heavy atom. The van der Waals surface area contributed by atoms with Crippen molar-refractivity contribution < 1.29 is 33.1 Å². The fourth-order valence-corrected chi connectivity index (χ4v) is 4.53. The molecule has 1 aliphatic carbocycles. The molecule has 0 radical (unpaired) electrons. The monoisotopic (exact) mass is 575 g/mol. The molecule has 0 unspecified atom stereocenters. The maximum atomic E-state index is 13.5. The molecule has 10 heteroatoms. The molecule has 3 aromatic rings. The van der Waals surface area contributed by atoms with E-state index in [1.165, 1.54) is 36.0 Å². The van der Waals surface area contributed by atoms with Crippen LogP contribution >= 0.6 is 0 Å². The highest BCUT2D eigenvalue weighted by atomic mass is 19.3. The summed E-state index contributed by atoms with van der Waals surface area (Å²) in [5.41, 5.74) is 4.75. The van der Waals surface area contributed by atoms with Crippen molar-refractivity contribution in [3.63, 3.8) is 0 Å². The zero-order valence-corrected chi connectivity index (χ0v) is 23.0. The number of rotatable bonds is 10. The van der Waals surface area contributed by atoms with Crippen molar-refractivity contribution in [3.05, 3.63) is 101 Å². The van der Waals surface area contributed by atoms with Gasteiger partial charge in [0.1, 0.15) is 0 Å². The lowest BCUT2D eigenvalue weighted by molar-refractivity contribution is -0.163. The number of halogens is 2. The van der Waals surface area contributed by atoms with E-state index in [1.54, 1.807) is 36.4 Å². The standard InChI is InChI=1S/C32H31F2N3O5/c1-21(38)23-11-15-27(16-12-23)36-31(42)37(28-17-13-25(14-18-28)24-5-3-2-4-6-24)19-22-7-9-26(10-8-22)29(39)35-20-32(33,34)30(40)41/h5,7-18H,2-4,6,19-20H2,1H3,(H,35,39)(H,36,42)(H,40,41). The molecule has 0 saturated heterocycles. The second-order valence-electron chi connectivity index (χ2n) is 10.1. The van der Waals surface area contributed by atoms with Crippen molar-refractivity contribution in [1.29, 1.82) is 0 Å². The molecular weight excluding hydrogens is 544 g/mol. The van der Waals surface area contributed by atoms with Gasteiger partial charge in [-0.05, 0) is 97.8 Å². The molecule has 0 aliphatic heterocycles. The Morgan fingerprint density at radius 2 is 1.52 bits per heavy atom. The minimum absolute atomic E-state index is 0.0617. The zero-order chi connectivity index (χ0) is 30.3. The number of aliphatic carboxylic acids is 1. The molecule has 3 aromatic carbocycles. The molecule has 0 fully saturated rings. The second kappa shape index (κ2) is 13.2. The Hall–Kier alpha value is -4.86. The fraction of sp³-hybridized carbons (Fsp3) is 0.250. The van der Waals surface area contributed by atoms with Crippen LogP contribution in [0.1, 0.15) is 64.4 Å². The van der Waals surface area contributed by atoms with Gasteiger partial charge in [-0.25, -0.2) is 9.59 Å². The molecule has 218 valence electrons. The van der Waals surface area contributed by atoms with Crippen LogP contribution in [0.2, 0.25) is 0 Å². The number of carboxylic acids is 1. The molecule has 3 N–H and O–H groups in total. The molecule has 0 saturated carbocycles. The van der Waals surface area contributed by atoms with Gasteiger partial charge >= 0.3 is 17.9 Å². The van der Waals surface area contributed by atoms with E-state index in [1.807, 2.05) is 29.6 Å². The van der Waals surface area contributed by atoms with Crippen LogP contribution in [0.5, 0.6) is 0 Å². The first-order valence-electron chi connectivity index (χ1n) is 13.5. The number of hydrogen-bond donors (Lipinski definition) is 3. The Labute approximate surface area is 242 Å². The fourth-order valence-electron chi connectivity index (χ4n) is 4.53. The minimum Gasteiger partial charge on any atom is -0.477 e. The van der Waals surface area contributed by atoms with Gasteiger partial charge in [0, 0.05) is 22.5 Å².